The number of carbonyl (C=O) groups excluding carboxylic acids is 1. The summed E-state index contributed by atoms with van der Waals surface area (Å²) in [6.45, 7) is 7.41. The summed E-state index contributed by atoms with van der Waals surface area (Å²) < 4.78 is 41.0. The number of carbonyl (C=O) groups is 1. The summed E-state index contributed by atoms with van der Waals surface area (Å²) in [6, 6.07) is 0. The van der Waals surface area contributed by atoms with Gasteiger partial charge < -0.3 is 16.0 Å². The summed E-state index contributed by atoms with van der Waals surface area (Å²) in [7, 11) is 1.53. The molecule has 1 amide bonds. The van der Waals surface area contributed by atoms with Crippen molar-refractivity contribution in [3.05, 3.63) is 29.3 Å². The molecule has 28 heavy (non-hydrogen) atoms. The number of halogens is 3. The zero-order valence-electron chi connectivity index (χ0n) is 16.4. The Balaban J connectivity index is 2.35. The Morgan fingerprint density at radius 3 is 2.50 bits per heavy atom. The topological polar surface area (TPSA) is 96.8 Å². The Hall–Kier alpha value is -2.69. The van der Waals surface area contributed by atoms with Gasteiger partial charge in [-0.1, -0.05) is 6.92 Å². The molecule has 0 saturated heterocycles. The highest BCUT2D eigenvalue weighted by atomic mass is 19.4. The van der Waals surface area contributed by atoms with Gasteiger partial charge in [-0.25, -0.2) is 9.97 Å². The van der Waals surface area contributed by atoms with Crippen LogP contribution < -0.4 is 16.0 Å². The monoisotopic (exact) mass is 399 g/mol. The van der Waals surface area contributed by atoms with Crippen LogP contribution in [0.2, 0.25) is 0 Å². The quantitative estimate of drug-likeness (QED) is 0.661. The Bertz CT molecular complexity index is 846. The minimum atomic E-state index is -4.54. The molecule has 2 aromatic rings. The molecule has 2 aromatic heterocycles. The largest absolute Gasteiger partial charge is 0.419 e. The number of nitrogens with one attached hydrogen (secondary N) is 3. The highest BCUT2D eigenvalue weighted by Gasteiger charge is 2.35. The molecule has 0 bridgehead atoms. The van der Waals surface area contributed by atoms with E-state index in [1.807, 2.05) is 0 Å². The van der Waals surface area contributed by atoms with E-state index in [9.17, 15) is 18.0 Å². The first kappa shape index (κ1) is 21.6. The van der Waals surface area contributed by atoms with E-state index in [1.54, 1.807) is 27.7 Å². The van der Waals surface area contributed by atoms with E-state index >= 15 is 0 Å². The van der Waals surface area contributed by atoms with Crippen molar-refractivity contribution in [1.82, 2.24) is 30.4 Å². The van der Waals surface area contributed by atoms with Crippen molar-refractivity contribution in [3.8, 4) is 0 Å². The minimum Gasteiger partial charge on any atom is -0.357 e. The number of likely N-dealkylation sites (N-methyl/N-ethyl adjacent to an activating group) is 1. The van der Waals surface area contributed by atoms with Crippen LogP contribution in [0.5, 0.6) is 0 Å². The van der Waals surface area contributed by atoms with Crippen LogP contribution >= 0.6 is 0 Å². The fourth-order valence-electron chi connectivity index (χ4n) is 2.71. The molecule has 0 atom stereocenters. The molecule has 0 saturated carbocycles. The molecular formula is C17H24F3N7O. The lowest BCUT2D eigenvalue weighted by atomic mass is 10.0. The predicted molar refractivity (Wildman–Crippen MR) is 98.1 cm³/mol. The maximum atomic E-state index is 13.2. The first-order chi connectivity index (χ1) is 13.0. The second-order valence-corrected chi connectivity index (χ2v) is 6.65. The number of rotatable bonds is 7. The van der Waals surface area contributed by atoms with Crippen molar-refractivity contribution in [2.75, 3.05) is 18.9 Å². The maximum absolute atomic E-state index is 13.2. The van der Waals surface area contributed by atoms with Crippen molar-refractivity contribution in [3.63, 3.8) is 0 Å². The van der Waals surface area contributed by atoms with Gasteiger partial charge in [0.15, 0.2) is 0 Å². The smallest absolute Gasteiger partial charge is 0.357 e. The molecule has 0 aliphatic rings. The standard InChI is InChI=1S/C17H24F3N7O/c1-6-22-8-13-11(17(18,19)20)7-23-15(26-13)25-12-9-24-27(10(12)2)16(3,4)14(28)21-5/h7,9,22H,6,8H2,1-5H3,(H,21,28)(H,23,25,26). The number of hydrogen-bond donors (Lipinski definition) is 3. The number of nitrogens with zero attached hydrogens (tertiary/aromatic N) is 4. The second-order valence-electron chi connectivity index (χ2n) is 6.65. The highest BCUT2D eigenvalue weighted by Crippen LogP contribution is 2.32. The van der Waals surface area contributed by atoms with Crippen LogP contribution in [0.25, 0.3) is 0 Å². The molecule has 0 spiro atoms. The van der Waals surface area contributed by atoms with Crippen molar-refractivity contribution in [2.24, 2.45) is 0 Å². The molecular weight excluding hydrogens is 375 g/mol. The number of alkyl halides is 3. The molecule has 3 N–H and O–H groups in total. The summed E-state index contributed by atoms with van der Waals surface area (Å²) in [5, 5.41) is 12.5. The Labute approximate surface area is 160 Å². The van der Waals surface area contributed by atoms with Crippen LogP contribution in [-0.4, -0.2) is 39.2 Å². The van der Waals surface area contributed by atoms with Gasteiger partial charge in [-0.3, -0.25) is 9.48 Å². The third-order valence-electron chi connectivity index (χ3n) is 4.28. The van der Waals surface area contributed by atoms with E-state index < -0.39 is 17.3 Å². The summed E-state index contributed by atoms with van der Waals surface area (Å²) in [4.78, 5) is 19.9. The zero-order chi connectivity index (χ0) is 21.1. The lowest BCUT2D eigenvalue weighted by molar-refractivity contribution is -0.138. The summed E-state index contributed by atoms with van der Waals surface area (Å²) in [6.07, 6.45) is -2.30. The second kappa shape index (κ2) is 8.13. The van der Waals surface area contributed by atoms with Crippen LogP contribution in [-0.2, 0) is 23.1 Å². The Kier molecular flexibility index (Phi) is 6.27. The average Bonchev–Trinajstić information content (AvgIpc) is 2.99. The van der Waals surface area contributed by atoms with E-state index in [1.165, 1.54) is 17.9 Å². The zero-order valence-corrected chi connectivity index (χ0v) is 16.4. The third kappa shape index (κ3) is 4.41. The third-order valence-corrected chi connectivity index (χ3v) is 4.28. The molecule has 8 nitrogen and oxygen atoms in total. The van der Waals surface area contributed by atoms with Gasteiger partial charge in [0.1, 0.15) is 5.54 Å². The van der Waals surface area contributed by atoms with Crippen LogP contribution in [0.4, 0.5) is 24.8 Å². The normalized spacial score (nSPS) is 12.1. The predicted octanol–water partition coefficient (Wildman–Crippen LogP) is 2.33. The van der Waals surface area contributed by atoms with Crippen LogP contribution in [0.1, 0.15) is 37.7 Å². The average molecular weight is 399 g/mol. The highest BCUT2D eigenvalue weighted by molar-refractivity contribution is 5.83. The maximum Gasteiger partial charge on any atom is 0.419 e. The molecule has 11 heteroatoms. The van der Waals surface area contributed by atoms with Crippen molar-refractivity contribution < 1.29 is 18.0 Å². The molecule has 2 rings (SSSR count). The number of anilines is 2. The first-order valence-corrected chi connectivity index (χ1v) is 8.70. The molecule has 0 aromatic carbocycles. The number of amides is 1. The molecule has 0 fully saturated rings. The van der Waals surface area contributed by atoms with Gasteiger partial charge in [0.25, 0.3) is 0 Å². The molecule has 0 unspecified atom stereocenters. The van der Waals surface area contributed by atoms with E-state index in [-0.39, 0.29) is 24.1 Å². The van der Waals surface area contributed by atoms with Gasteiger partial charge >= 0.3 is 6.18 Å². The van der Waals surface area contributed by atoms with E-state index in [0.717, 1.165) is 6.20 Å². The molecule has 0 radical (unpaired) electrons. The van der Waals surface area contributed by atoms with E-state index in [0.29, 0.717) is 17.9 Å². The fraction of sp³-hybridized carbons (Fsp3) is 0.529. The van der Waals surface area contributed by atoms with Crippen molar-refractivity contribution in [2.45, 2.75) is 46.0 Å². The summed E-state index contributed by atoms with van der Waals surface area (Å²) in [5.41, 5.74) is -0.873. The molecule has 0 aliphatic carbocycles. The van der Waals surface area contributed by atoms with Crippen LogP contribution in [0.15, 0.2) is 12.4 Å². The van der Waals surface area contributed by atoms with Crippen molar-refractivity contribution in [1.29, 1.82) is 0 Å². The number of aromatic nitrogens is 4. The van der Waals surface area contributed by atoms with E-state index in [4.69, 9.17) is 0 Å². The van der Waals surface area contributed by atoms with Crippen LogP contribution in [0, 0.1) is 6.92 Å². The first-order valence-electron chi connectivity index (χ1n) is 8.70. The number of hydrogen-bond acceptors (Lipinski definition) is 6. The lowest BCUT2D eigenvalue weighted by Gasteiger charge is -2.25. The molecule has 0 aliphatic heterocycles. The summed E-state index contributed by atoms with van der Waals surface area (Å²) in [5.74, 6) is -0.217. The van der Waals surface area contributed by atoms with Gasteiger partial charge in [-0.15, -0.1) is 0 Å². The van der Waals surface area contributed by atoms with Gasteiger partial charge in [-0.2, -0.15) is 18.3 Å². The molecule has 154 valence electrons. The Morgan fingerprint density at radius 2 is 1.93 bits per heavy atom. The van der Waals surface area contributed by atoms with Gasteiger partial charge in [0, 0.05) is 19.8 Å². The summed E-state index contributed by atoms with van der Waals surface area (Å²) >= 11 is 0. The minimum absolute atomic E-state index is 0.0151. The van der Waals surface area contributed by atoms with Crippen LogP contribution in [0.3, 0.4) is 0 Å². The Morgan fingerprint density at radius 1 is 1.25 bits per heavy atom. The molecule has 2 heterocycles. The van der Waals surface area contributed by atoms with Gasteiger partial charge in [0.05, 0.1) is 28.8 Å². The van der Waals surface area contributed by atoms with Gasteiger partial charge in [-0.05, 0) is 27.3 Å². The van der Waals surface area contributed by atoms with Gasteiger partial charge in [0.2, 0.25) is 11.9 Å². The van der Waals surface area contributed by atoms with E-state index in [2.05, 4.69) is 31.0 Å². The SMILES string of the molecule is CCNCc1nc(Nc2cnn(C(C)(C)C(=O)NC)c2C)ncc1C(F)(F)F. The fourth-order valence-corrected chi connectivity index (χ4v) is 2.71. The lowest BCUT2D eigenvalue weighted by Crippen LogP contribution is -2.44. The van der Waals surface area contributed by atoms with Crippen molar-refractivity contribution >= 4 is 17.5 Å².